The summed E-state index contributed by atoms with van der Waals surface area (Å²) >= 11 is 0. The summed E-state index contributed by atoms with van der Waals surface area (Å²) in [6.07, 6.45) is 6.32. The Balaban J connectivity index is 1.64. The largest absolute Gasteiger partial charge is 0.490 e. The molecule has 4 aromatic rings. The van der Waals surface area contributed by atoms with Gasteiger partial charge in [-0.25, -0.2) is 0 Å². The third-order valence-corrected chi connectivity index (χ3v) is 19.5. The van der Waals surface area contributed by atoms with Crippen LogP contribution in [-0.4, -0.2) is 35.4 Å². The second kappa shape index (κ2) is 14.7. The summed E-state index contributed by atoms with van der Waals surface area (Å²) in [5.74, 6) is 0.781. The van der Waals surface area contributed by atoms with Crippen LogP contribution in [0.2, 0.25) is 10.1 Å². The molecule has 0 bridgehead atoms. The van der Waals surface area contributed by atoms with Crippen molar-refractivity contribution >= 4 is 37.4 Å². The molecule has 0 saturated carbocycles. The van der Waals surface area contributed by atoms with E-state index in [-0.39, 0.29) is 22.3 Å². The van der Waals surface area contributed by atoms with Crippen molar-refractivity contribution in [3.63, 3.8) is 0 Å². The number of hydrogen-bond acceptors (Lipinski definition) is 3. The standard InChI is InChI=1S/C42H52O3Si2/c1-34-23-13-8-22-32-39(45-47(42(5,6)7,37-28-18-11-19-29-37)38-30-20-12-21-31-38)40(44-34)33-43-46(41(2,3)4,35-24-14-9-15-25-35)36-26-16-10-17-27-36/h8-12,14-22,24-31,39-40H,1,13,23,32-33H2,2-7H3/b22-8-/t39-,40+/m0/s1. The van der Waals surface area contributed by atoms with Crippen molar-refractivity contribution in [2.75, 3.05) is 6.61 Å². The molecule has 0 amide bonds. The summed E-state index contributed by atoms with van der Waals surface area (Å²) in [5.41, 5.74) is 0. The SMILES string of the molecule is C=C1CC/C=C\C[C@H](O[Si](c2ccccc2)(c2ccccc2)C(C)(C)C)[C@@H](CO[Si](c2ccccc2)(c2ccccc2)C(C)(C)C)O1. The van der Waals surface area contributed by atoms with Gasteiger partial charge in [-0.05, 0) is 43.7 Å². The van der Waals surface area contributed by atoms with Crippen LogP contribution in [0.3, 0.4) is 0 Å². The van der Waals surface area contributed by atoms with Crippen LogP contribution in [-0.2, 0) is 13.6 Å². The molecule has 5 rings (SSSR count). The molecule has 0 spiro atoms. The fourth-order valence-corrected chi connectivity index (χ4v) is 16.5. The molecule has 0 fully saturated rings. The predicted octanol–water partition coefficient (Wildman–Crippen LogP) is 8.15. The second-order valence-electron chi connectivity index (χ2n) is 14.7. The Morgan fingerprint density at radius 1 is 0.617 bits per heavy atom. The highest BCUT2D eigenvalue weighted by Gasteiger charge is 2.54. The van der Waals surface area contributed by atoms with Crippen molar-refractivity contribution in [2.24, 2.45) is 0 Å². The summed E-state index contributed by atoms with van der Waals surface area (Å²) < 4.78 is 22.2. The van der Waals surface area contributed by atoms with Crippen LogP contribution in [0.5, 0.6) is 0 Å². The van der Waals surface area contributed by atoms with Crippen molar-refractivity contribution in [1.82, 2.24) is 0 Å². The first-order valence-corrected chi connectivity index (χ1v) is 20.8. The maximum absolute atomic E-state index is 7.79. The van der Waals surface area contributed by atoms with Gasteiger partial charge < -0.3 is 13.6 Å². The van der Waals surface area contributed by atoms with E-state index in [1.807, 2.05) is 0 Å². The lowest BCUT2D eigenvalue weighted by Gasteiger charge is -2.47. The first-order valence-electron chi connectivity index (χ1n) is 17.0. The molecule has 246 valence electrons. The van der Waals surface area contributed by atoms with E-state index >= 15 is 0 Å². The van der Waals surface area contributed by atoms with Crippen molar-refractivity contribution in [3.8, 4) is 0 Å². The van der Waals surface area contributed by atoms with Gasteiger partial charge in [0.15, 0.2) is 0 Å². The van der Waals surface area contributed by atoms with E-state index in [0.29, 0.717) is 6.61 Å². The molecule has 1 aliphatic heterocycles. The smallest absolute Gasteiger partial charge is 0.261 e. The van der Waals surface area contributed by atoms with Gasteiger partial charge in [0.1, 0.15) is 6.10 Å². The summed E-state index contributed by atoms with van der Waals surface area (Å²) in [6.45, 7) is 18.7. The summed E-state index contributed by atoms with van der Waals surface area (Å²) in [5, 5.41) is 4.70. The summed E-state index contributed by atoms with van der Waals surface area (Å²) in [6, 6.07) is 43.4. The van der Waals surface area contributed by atoms with Gasteiger partial charge in [-0.15, -0.1) is 0 Å². The van der Waals surface area contributed by atoms with E-state index in [4.69, 9.17) is 13.6 Å². The summed E-state index contributed by atoms with van der Waals surface area (Å²) in [4.78, 5) is 0. The van der Waals surface area contributed by atoms with Crippen LogP contribution >= 0.6 is 0 Å². The molecule has 3 nitrogen and oxygen atoms in total. The number of allylic oxidation sites excluding steroid dienone is 2. The number of ether oxygens (including phenoxy) is 1. The zero-order valence-electron chi connectivity index (χ0n) is 29.1. The van der Waals surface area contributed by atoms with Crippen LogP contribution in [0.1, 0.15) is 60.8 Å². The summed E-state index contributed by atoms with van der Waals surface area (Å²) in [7, 11) is -5.70. The van der Waals surface area contributed by atoms with Crippen molar-refractivity contribution in [1.29, 1.82) is 0 Å². The molecule has 0 aromatic heterocycles. The Hall–Kier alpha value is -3.49. The second-order valence-corrected chi connectivity index (χ2v) is 23.3. The highest BCUT2D eigenvalue weighted by Crippen LogP contribution is 2.40. The van der Waals surface area contributed by atoms with E-state index in [0.717, 1.165) is 25.0 Å². The first-order chi connectivity index (χ1) is 22.5. The lowest BCUT2D eigenvalue weighted by Crippen LogP contribution is -2.69. The Morgan fingerprint density at radius 2 is 1.02 bits per heavy atom. The van der Waals surface area contributed by atoms with Gasteiger partial charge in [0.25, 0.3) is 16.6 Å². The van der Waals surface area contributed by atoms with Crippen LogP contribution in [0, 0.1) is 0 Å². The van der Waals surface area contributed by atoms with Gasteiger partial charge in [0, 0.05) is 6.42 Å². The van der Waals surface area contributed by atoms with E-state index < -0.39 is 16.6 Å². The van der Waals surface area contributed by atoms with Crippen LogP contribution in [0.15, 0.2) is 146 Å². The van der Waals surface area contributed by atoms with Gasteiger partial charge in [-0.3, -0.25) is 0 Å². The number of rotatable bonds is 9. The maximum atomic E-state index is 7.79. The lowest BCUT2D eigenvalue weighted by molar-refractivity contribution is -0.0223. The lowest BCUT2D eigenvalue weighted by atomic mass is 10.1. The highest BCUT2D eigenvalue weighted by atomic mass is 28.4. The normalized spacial score (nSPS) is 18.8. The average Bonchev–Trinajstić information content (AvgIpc) is 3.14. The molecule has 0 aliphatic carbocycles. The molecular weight excluding hydrogens is 609 g/mol. The molecule has 5 heteroatoms. The fourth-order valence-electron chi connectivity index (χ4n) is 7.25. The van der Waals surface area contributed by atoms with Gasteiger partial charge in [0.05, 0.1) is 18.5 Å². The molecule has 0 N–H and O–H groups in total. The van der Waals surface area contributed by atoms with E-state index in [9.17, 15) is 0 Å². The minimum absolute atomic E-state index is 0.153. The highest BCUT2D eigenvalue weighted by molar-refractivity contribution is 7.00. The fraction of sp³-hybridized carbons (Fsp3) is 0.333. The van der Waals surface area contributed by atoms with Crippen molar-refractivity contribution < 1.29 is 13.6 Å². The Morgan fingerprint density at radius 3 is 1.43 bits per heavy atom. The molecule has 1 aliphatic rings. The Labute approximate surface area is 285 Å². The number of hydrogen-bond donors (Lipinski definition) is 0. The topological polar surface area (TPSA) is 27.7 Å². The zero-order chi connectivity index (χ0) is 33.5. The molecule has 2 atom stereocenters. The van der Waals surface area contributed by atoms with Crippen LogP contribution in [0.4, 0.5) is 0 Å². The van der Waals surface area contributed by atoms with Gasteiger partial charge >= 0.3 is 0 Å². The van der Waals surface area contributed by atoms with Crippen molar-refractivity contribution in [2.45, 2.75) is 83.1 Å². The minimum atomic E-state index is -2.88. The molecule has 1 heterocycles. The minimum Gasteiger partial charge on any atom is -0.490 e. The van der Waals surface area contributed by atoms with Gasteiger partial charge in [-0.1, -0.05) is 182 Å². The van der Waals surface area contributed by atoms with Crippen LogP contribution < -0.4 is 20.7 Å². The van der Waals surface area contributed by atoms with E-state index in [1.54, 1.807) is 0 Å². The monoisotopic (exact) mass is 660 g/mol. The molecule has 47 heavy (non-hydrogen) atoms. The molecular formula is C42H52O3Si2. The zero-order valence-corrected chi connectivity index (χ0v) is 31.1. The van der Waals surface area contributed by atoms with Gasteiger partial charge in [0.2, 0.25) is 0 Å². The average molecular weight is 661 g/mol. The van der Waals surface area contributed by atoms with Crippen LogP contribution in [0.25, 0.3) is 0 Å². The molecule has 0 radical (unpaired) electrons. The quantitative estimate of drug-likeness (QED) is 0.134. The van der Waals surface area contributed by atoms with E-state index in [1.165, 1.54) is 20.7 Å². The third-order valence-electron chi connectivity index (χ3n) is 9.48. The molecule has 0 unspecified atom stereocenters. The van der Waals surface area contributed by atoms with Crippen molar-refractivity contribution in [3.05, 3.63) is 146 Å². The predicted molar refractivity (Wildman–Crippen MR) is 203 cm³/mol. The maximum Gasteiger partial charge on any atom is 0.261 e. The molecule has 0 saturated heterocycles. The molecule has 4 aromatic carbocycles. The van der Waals surface area contributed by atoms with E-state index in [2.05, 4.69) is 182 Å². The number of benzene rings is 4. The Kier molecular flexibility index (Phi) is 10.9. The third kappa shape index (κ3) is 7.34. The Bertz CT molecular complexity index is 1510. The van der Waals surface area contributed by atoms with Gasteiger partial charge in [-0.2, -0.15) is 0 Å². The first kappa shape index (κ1) is 34.8.